The van der Waals surface area contributed by atoms with Crippen LogP contribution in [0.5, 0.6) is 23.0 Å². The van der Waals surface area contributed by atoms with Gasteiger partial charge in [0, 0.05) is 35.9 Å². The van der Waals surface area contributed by atoms with Crippen molar-refractivity contribution in [2.24, 2.45) is 17.1 Å². The number of rotatable bonds is 13. The Morgan fingerprint density at radius 3 is 2.24 bits per heavy atom. The number of amides is 2. The van der Waals surface area contributed by atoms with Crippen LogP contribution in [0, 0.1) is 23.0 Å². The number of halogens is 2. The number of benzene rings is 3. The fourth-order valence-corrected chi connectivity index (χ4v) is 5.49. The Bertz CT molecular complexity index is 1710. The molecule has 0 unspecified atom stereocenters. The fourth-order valence-electron chi connectivity index (χ4n) is 5.49. The molecule has 0 aliphatic heterocycles. The first-order valence-corrected chi connectivity index (χ1v) is 14.8. The van der Waals surface area contributed by atoms with E-state index in [-0.39, 0.29) is 29.5 Å². The lowest BCUT2D eigenvalue weighted by molar-refractivity contribution is -0.134. The minimum absolute atomic E-state index is 0.110. The summed E-state index contributed by atoms with van der Waals surface area (Å²) in [6, 6.07) is 14.2. The molecule has 1 aromatic heterocycles. The number of hydrogen-bond donors (Lipinski definition) is 1. The molecule has 2 N–H and O–H groups in total. The van der Waals surface area contributed by atoms with E-state index in [9.17, 15) is 14.0 Å². The van der Waals surface area contributed by atoms with Gasteiger partial charge in [0.1, 0.15) is 23.6 Å². The standard InChI is InChI=1S/C34H36F2N4O5/c1-5-39(6-2)15-16-44-31-19-27-25(18-30(31)43-4)28(13-14-38-27)45-29-12-11-24(17-26(29)36)40(23-9-7-22(35)8-10-23)33(42)34(32(37)41)20-21(34)3/h7-14,17-19,21H,5-6,15-16,20H2,1-4H3,(H2,37,41)/t21-,34+/m0/s1. The molecule has 0 spiro atoms. The van der Waals surface area contributed by atoms with Crippen molar-refractivity contribution in [2.75, 3.05) is 38.3 Å². The summed E-state index contributed by atoms with van der Waals surface area (Å²) in [6.45, 7) is 9.00. The Labute approximate surface area is 260 Å². The predicted molar refractivity (Wildman–Crippen MR) is 167 cm³/mol. The van der Waals surface area contributed by atoms with E-state index in [1.54, 1.807) is 31.3 Å². The van der Waals surface area contributed by atoms with Gasteiger partial charge in [-0.05, 0) is 74.0 Å². The van der Waals surface area contributed by atoms with Gasteiger partial charge in [-0.2, -0.15) is 0 Å². The van der Waals surface area contributed by atoms with Crippen LogP contribution in [-0.4, -0.2) is 55.0 Å². The highest BCUT2D eigenvalue weighted by atomic mass is 19.1. The number of methoxy groups -OCH3 is 1. The number of nitrogens with zero attached hydrogens (tertiary/aromatic N) is 3. The number of hydrogen-bond acceptors (Lipinski definition) is 7. The number of pyridine rings is 1. The van der Waals surface area contributed by atoms with E-state index < -0.39 is 28.9 Å². The van der Waals surface area contributed by atoms with Gasteiger partial charge < -0.3 is 24.8 Å². The molecule has 0 bridgehead atoms. The van der Waals surface area contributed by atoms with Gasteiger partial charge in [-0.1, -0.05) is 20.8 Å². The van der Waals surface area contributed by atoms with Crippen molar-refractivity contribution in [2.45, 2.75) is 27.2 Å². The van der Waals surface area contributed by atoms with Gasteiger partial charge in [0.05, 0.1) is 18.3 Å². The first-order chi connectivity index (χ1) is 21.6. The Morgan fingerprint density at radius 1 is 0.956 bits per heavy atom. The van der Waals surface area contributed by atoms with E-state index in [0.29, 0.717) is 34.8 Å². The zero-order valence-corrected chi connectivity index (χ0v) is 25.7. The van der Waals surface area contributed by atoms with Crippen LogP contribution in [0.3, 0.4) is 0 Å². The molecule has 11 heteroatoms. The lowest BCUT2D eigenvalue weighted by Crippen LogP contribution is -2.42. The number of carbonyl (C=O) groups excluding carboxylic acids is 2. The Balaban J connectivity index is 1.44. The van der Waals surface area contributed by atoms with Crippen molar-refractivity contribution in [1.82, 2.24) is 9.88 Å². The third kappa shape index (κ3) is 6.26. The normalized spacial score (nSPS) is 17.3. The maximum atomic E-state index is 15.7. The van der Waals surface area contributed by atoms with Crippen molar-refractivity contribution in [3.05, 3.63) is 78.5 Å². The van der Waals surface area contributed by atoms with Crippen molar-refractivity contribution >= 4 is 34.1 Å². The molecule has 1 aliphatic carbocycles. The molecule has 0 radical (unpaired) electrons. The molecular formula is C34H36F2N4O5. The Hall–Kier alpha value is -4.77. The monoisotopic (exact) mass is 618 g/mol. The summed E-state index contributed by atoms with van der Waals surface area (Å²) >= 11 is 0. The third-order valence-corrected chi connectivity index (χ3v) is 8.36. The number of carbonyl (C=O) groups is 2. The minimum atomic E-state index is -1.43. The second-order valence-corrected chi connectivity index (χ2v) is 11.0. The van der Waals surface area contributed by atoms with Gasteiger partial charge in [0.2, 0.25) is 11.8 Å². The zero-order valence-electron chi connectivity index (χ0n) is 25.7. The fraction of sp³-hybridized carbons (Fsp3) is 0.324. The van der Waals surface area contributed by atoms with E-state index in [1.807, 2.05) is 0 Å². The minimum Gasteiger partial charge on any atom is -0.493 e. The SMILES string of the molecule is CCN(CC)CCOc1cc2nccc(Oc3ccc(N(C(=O)[C@]4(C(N)=O)C[C@@H]4C)c4ccc(F)cc4)cc3F)c2cc1OC. The second kappa shape index (κ2) is 13.1. The van der Waals surface area contributed by atoms with Gasteiger partial charge in [0.25, 0.3) is 0 Å². The van der Waals surface area contributed by atoms with E-state index >= 15 is 4.39 Å². The summed E-state index contributed by atoms with van der Waals surface area (Å²) in [4.78, 5) is 34.0. The van der Waals surface area contributed by atoms with E-state index in [0.717, 1.165) is 25.7 Å². The quantitative estimate of drug-likeness (QED) is 0.178. The van der Waals surface area contributed by atoms with Crippen LogP contribution >= 0.6 is 0 Å². The number of primary amides is 1. The zero-order chi connectivity index (χ0) is 32.3. The summed E-state index contributed by atoms with van der Waals surface area (Å²) in [6.07, 6.45) is 1.81. The van der Waals surface area contributed by atoms with Crippen LogP contribution in [0.2, 0.25) is 0 Å². The van der Waals surface area contributed by atoms with E-state index in [4.69, 9.17) is 19.9 Å². The molecule has 1 fully saturated rings. The highest BCUT2D eigenvalue weighted by Gasteiger charge is 2.64. The number of aromatic nitrogens is 1. The summed E-state index contributed by atoms with van der Waals surface area (Å²) in [5.41, 5.74) is 5.16. The smallest absolute Gasteiger partial charge is 0.247 e. The van der Waals surface area contributed by atoms with Crippen LogP contribution in [0.4, 0.5) is 20.2 Å². The van der Waals surface area contributed by atoms with Gasteiger partial charge >= 0.3 is 0 Å². The summed E-state index contributed by atoms with van der Waals surface area (Å²) < 4.78 is 47.0. The molecule has 1 heterocycles. The van der Waals surface area contributed by atoms with Gasteiger partial charge in [-0.15, -0.1) is 0 Å². The van der Waals surface area contributed by atoms with Crippen LogP contribution in [-0.2, 0) is 9.59 Å². The van der Waals surface area contributed by atoms with E-state index in [2.05, 4.69) is 23.7 Å². The number of ether oxygens (including phenoxy) is 3. The average molecular weight is 619 g/mol. The molecule has 2 atom stereocenters. The molecule has 9 nitrogen and oxygen atoms in total. The molecule has 5 rings (SSSR count). The van der Waals surface area contributed by atoms with Crippen LogP contribution < -0.4 is 24.8 Å². The number of fused-ring (bicyclic) bond motifs is 1. The number of likely N-dealkylation sites (N-methyl/N-ethyl adjacent to an activating group) is 1. The van der Waals surface area contributed by atoms with Crippen LogP contribution in [0.25, 0.3) is 10.9 Å². The molecular weight excluding hydrogens is 582 g/mol. The predicted octanol–water partition coefficient (Wildman–Crippen LogP) is 6.21. The third-order valence-electron chi connectivity index (χ3n) is 8.36. The Kier molecular flexibility index (Phi) is 9.19. The number of anilines is 2. The van der Waals surface area contributed by atoms with Gasteiger partial charge in [-0.25, -0.2) is 8.78 Å². The molecule has 1 saturated carbocycles. The molecule has 0 saturated heterocycles. The number of nitrogens with two attached hydrogens (primary N) is 1. The van der Waals surface area contributed by atoms with Crippen molar-refractivity contribution in [3.63, 3.8) is 0 Å². The lowest BCUT2D eigenvalue weighted by Gasteiger charge is -2.27. The maximum absolute atomic E-state index is 15.7. The second-order valence-electron chi connectivity index (χ2n) is 11.0. The molecule has 2 amide bonds. The first-order valence-electron chi connectivity index (χ1n) is 14.8. The highest BCUT2D eigenvalue weighted by Crippen LogP contribution is 2.54. The summed E-state index contributed by atoms with van der Waals surface area (Å²) in [7, 11) is 1.53. The highest BCUT2D eigenvalue weighted by molar-refractivity contribution is 6.17. The van der Waals surface area contributed by atoms with Crippen LogP contribution in [0.1, 0.15) is 27.2 Å². The van der Waals surface area contributed by atoms with Crippen molar-refractivity contribution in [1.29, 1.82) is 0 Å². The molecule has 45 heavy (non-hydrogen) atoms. The van der Waals surface area contributed by atoms with Crippen molar-refractivity contribution in [3.8, 4) is 23.0 Å². The first kappa shape index (κ1) is 31.6. The maximum Gasteiger partial charge on any atom is 0.247 e. The molecule has 236 valence electrons. The van der Waals surface area contributed by atoms with E-state index in [1.165, 1.54) is 48.4 Å². The largest absolute Gasteiger partial charge is 0.493 e. The van der Waals surface area contributed by atoms with Crippen molar-refractivity contribution < 1.29 is 32.6 Å². The van der Waals surface area contributed by atoms with Gasteiger partial charge in [0.15, 0.2) is 23.1 Å². The van der Waals surface area contributed by atoms with Crippen LogP contribution in [0.15, 0.2) is 66.9 Å². The lowest BCUT2D eigenvalue weighted by atomic mass is 10.00. The Morgan fingerprint density at radius 2 is 1.64 bits per heavy atom. The summed E-state index contributed by atoms with van der Waals surface area (Å²) in [5, 5.41) is 0.572. The molecule has 1 aliphatic rings. The average Bonchev–Trinajstić information content (AvgIpc) is 3.73. The summed E-state index contributed by atoms with van der Waals surface area (Å²) in [5.74, 6) is -1.71. The van der Waals surface area contributed by atoms with Gasteiger partial charge in [-0.3, -0.25) is 19.5 Å². The molecule has 3 aromatic carbocycles. The molecule has 4 aromatic rings. The topological polar surface area (TPSA) is 107 Å².